The van der Waals surface area contributed by atoms with Crippen molar-refractivity contribution in [2.24, 2.45) is 0 Å². The van der Waals surface area contributed by atoms with Crippen molar-refractivity contribution in [3.8, 4) is 33.4 Å². The van der Waals surface area contributed by atoms with Gasteiger partial charge in [-0.15, -0.1) is 11.3 Å². The first-order valence-corrected chi connectivity index (χ1v) is 20.7. The Labute approximate surface area is 337 Å². The molecule has 0 aliphatic carbocycles. The lowest BCUT2D eigenvalue weighted by Gasteiger charge is -2.18. The van der Waals surface area contributed by atoms with E-state index < -0.39 is 0 Å². The zero-order chi connectivity index (χ0) is 37.9. The summed E-state index contributed by atoms with van der Waals surface area (Å²) in [6.07, 6.45) is 0. The molecule has 268 valence electrons. The third-order valence-electron chi connectivity index (χ3n) is 12.4. The summed E-state index contributed by atoms with van der Waals surface area (Å²) >= 11 is 1.88. The Hall–Kier alpha value is -7.26. The topological polar surface area (TPSA) is 13.1 Å². The van der Waals surface area contributed by atoms with Crippen LogP contribution < -0.4 is 0 Å². The molecule has 0 spiro atoms. The zero-order valence-corrected chi connectivity index (χ0v) is 32.1. The summed E-state index contributed by atoms with van der Waals surface area (Å²) in [5.74, 6) is 0. The molecule has 2 aromatic heterocycles. The first-order valence-electron chi connectivity index (χ1n) is 19.9. The summed E-state index contributed by atoms with van der Waals surface area (Å²) in [7, 11) is 0. The number of thiophene rings is 1. The zero-order valence-electron chi connectivity index (χ0n) is 31.3. The maximum Gasteiger partial charge on any atom is 0.136 e. The van der Waals surface area contributed by atoms with Gasteiger partial charge in [-0.25, -0.2) is 0 Å². The first kappa shape index (κ1) is 31.9. The molecule has 0 N–H and O–H groups in total. The predicted octanol–water partition coefficient (Wildman–Crippen LogP) is 16.7. The van der Waals surface area contributed by atoms with Crippen molar-refractivity contribution in [3.05, 3.63) is 194 Å². The smallest absolute Gasteiger partial charge is 0.136 e. The Kier molecular flexibility index (Phi) is 6.66. The quantitative estimate of drug-likeness (QED) is 0.164. The molecule has 0 bridgehead atoms. The molecular weight excluding hydrogens is 721 g/mol. The summed E-state index contributed by atoms with van der Waals surface area (Å²) in [6, 6.07) is 71.6. The van der Waals surface area contributed by atoms with Crippen molar-refractivity contribution in [2.75, 3.05) is 0 Å². The van der Waals surface area contributed by atoms with E-state index in [1.807, 2.05) is 17.4 Å². The second-order valence-electron chi connectivity index (χ2n) is 15.6. The van der Waals surface area contributed by atoms with Crippen LogP contribution in [0.5, 0.6) is 0 Å². The van der Waals surface area contributed by atoms with Gasteiger partial charge in [-0.2, -0.15) is 0 Å². The van der Waals surface area contributed by atoms with Gasteiger partial charge in [0.15, 0.2) is 0 Å². The van der Waals surface area contributed by atoms with E-state index in [1.54, 1.807) is 0 Å². The summed E-state index contributed by atoms with van der Waals surface area (Å²) in [6.45, 7) is 0. The van der Waals surface area contributed by atoms with Crippen molar-refractivity contribution in [1.29, 1.82) is 0 Å². The fourth-order valence-electron chi connectivity index (χ4n) is 9.76. The highest BCUT2D eigenvalue weighted by Crippen LogP contribution is 2.47. The lowest BCUT2D eigenvalue weighted by Crippen LogP contribution is -1.91. The van der Waals surface area contributed by atoms with Gasteiger partial charge in [0.2, 0.25) is 0 Å². The fraction of sp³-hybridized carbons (Fsp3) is 0. The molecule has 0 amide bonds. The van der Waals surface area contributed by atoms with Gasteiger partial charge in [-0.05, 0) is 130 Å². The Morgan fingerprint density at radius 3 is 1.47 bits per heavy atom. The average molecular weight is 753 g/mol. The normalized spacial score (nSPS) is 12.1. The van der Waals surface area contributed by atoms with Crippen LogP contribution in [-0.2, 0) is 0 Å². The second kappa shape index (κ2) is 12.1. The van der Waals surface area contributed by atoms with Crippen LogP contribution in [0.4, 0.5) is 0 Å². The van der Waals surface area contributed by atoms with E-state index >= 15 is 0 Å². The number of hydrogen-bond acceptors (Lipinski definition) is 2. The van der Waals surface area contributed by atoms with E-state index in [2.05, 4.69) is 188 Å². The Balaban J connectivity index is 0.970. The van der Waals surface area contributed by atoms with E-state index in [0.717, 1.165) is 11.2 Å². The van der Waals surface area contributed by atoms with E-state index in [9.17, 15) is 0 Å². The van der Waals surface area contributed by atoms with Gasteiger partial charge in [-0.3, -0.25) is 0 Å². The van der Waals surface area contributed by atoms with Gasteiger partial charge in [-0.1, -0.05) is 152 Å². The summed E-state index contributed by atoms with van der Waals surface area (Å²) in [5.41, 5.74) is 9.41. The number of hydrogen-bond donors (Lipinski definition) is 0. The minimum atomic E-state index is 0.937. The third-order valence-corrected chi connectivity index (χ3v) is 13.5. The molecule has 13 rings (SSSR count). The van der Waals surface area contributed by atoms with Gasteiger partial charge in [0, 0.05) is 30.9 Å². The van der Waals surface area contributed by atoms with E-state index in [4.69, 9.17) is 4.42 Å². The average Bonchev–Trinajstić information content (AvgIpc) is 3.83. The van der Waals surface area contributed by atoms with Crippen molar-refractivity contribution in [3.63, 3.8) is 0 Å². The number of furan rings is 1. The van der Waals surface area contributed by atoms with Gasteiger partial charge < -0.3 is 4.42 Å². The summed E-state index contributed by atoms with van der Waals surface area (Å²) < 4.78 is 8.92. The minimum absolute atomic E-state index is 0.937. The molecule has 0 aliphatic rings. The molecule has 1 nitrogen and oxygen atoms in total. The largest absolute Gasteiger partial charge is 0.456 e. The lowest BCUT2D eigenvalue weighted by molar-refractivity contribution is 0.669. The van der Waals surface area contributed by atoms with Crippen LogP contribution in [-0.4, -0.2) is 0 Å². The lowest BCUT2D eigenvalue weighted by atomic mass is 9.85. The number of fused-ring (bicyclic) bond motifs is 12. The molecule has 11 aromatic carbocycles. The highest BCUT2D eigenvalue weighted by atomic mass is 32.1. The molecule has 13 aromatic rings. The maximum atomic E-state index is 6.34. The van der Waals surface area contributed by atoms with E-state index in [1.165, 1.54) is 118 Å². The van der Waals surface area contributed by atoms with E-state index in [0.29, 0.717) is 0 Å². The van der Waals surface area contributed by atoms with Gasteiger partial charge in [0.25, 0.3) is 0 Å². The third kappa shape index (κ3) is 4.64. The molecule has 0 atom stereocenters. The molecular formula is C56H32OS. The van der Waals surface area contributed by atoms with Gasteiger partial charge in [0.1, 0.15) is 11.2 Å². The van der Waals surface area contributed by atoms with Crippen LogP contribution in [0.1, 0.15) is 0 Å². The van der Waals surface area contributed by atoms with Crippen molar-refractivity contribution < 1.29 is 4.42 Å². The van der Waals surface area contributed by atoms with Crippen LogP contribution in [0.2, 0.25) is 0 Å². The van der Waals surface area contributed by atoms with Crippen LogP contribution in [0.3, 0.4) is 0 Å². The Morgan fingerprint density at radius 1 is 0.293 bits per heavy atom. The Morgan fingerprint density at radius 2 is 0.793 bits per heavy atom. The Bertz CT molecular complexity index is 3810. The molecule has 0 radical (unpaired) electrons. The second-order valence-corrected chi connectivity index (χ2v) is 16.7. The molecule has 0 fully saturated rings. The standard InChI is InChI=1S/C56H32OS/c1-2-12-34-28-38(25-21-33(34)11-1)54-43-16-5-7-18-45(43)55(46-19-8-6-17-44(46)54)39-26-23-35-27-37(24-22-36(35)29-39)47-31-53-56(42-15-4-3-13-40(42)47)49-30-51-48(32-52(49)58-53)41-14-9-10-20-50(41)57-51/h1-32H. The van der Waals surface area contributed by atoms with Gasteiger partial charge >= 0.3 is 0 Å². The van der Waals surface area contributed by atoms with Crippen LogP contribution >= 0.6 is 11.3 Å². The molecule has 0 unspecified atom stereocenters. The molecule has 58 heavy (non-hydrogen) atoms. The first-order chi connectivity index (χ1) is 28.7. The van der Waals surface area contributed by atoms with Crippen molar-refractivity contribution in [2.45, 2.75) is 0 Å². The predicted molar refractivity (Wildman–Crippen MR) is 250 cm³/mol. The number of para-hydroxylation sites is 1. The summed E-state index contributed by atoms with van der Waals surface area (Å²) in [4.78, 5) is 0. The summed E-state index contributed by atoms with van der Waals surface area (Å²) in [5, 5.41) is 17.5. The number of rotatable bonds is 3. The van der Waals surface area contributed by atoms with Crippen molar-refractivity contribution in [1.82, 2.24) is 0 Å². The number of benzene rings is 11. The molecule has 2 heterocycles. The maximum absolute atomic E-state index is 6.34. The highest BCUT2D eigenvalue weighted by molar-refractivity contribution is 7.26. The monoisotopic (exact) mass is 752 g/mol. The SMILES string of the molecule is c1ccc2cc(-c3c4ccccc4c(-c4ccc5cc(-c6cc7sc8cc9c(cc8c7c7ccccc67)oc6ccccc69)ccc5c4)c4ccccc34)ccc2c1. The molecule has 0 aliphatic heterocycles. The molecule has 2 heteroatoms. The van der Waals surface area contributed by atoms with Crippen molar-refractivity contribution >= 4 is 107 Å². The van der Waals surface area contributed by atoms with Crippen LogP contribution in [0.15, 0.2) is 199 Å². The minimum Gasteiger partial charge on any atom is -0.456 e. The van der Waals surface area contributed by atoms with E-state index in [-0.39, 0.29) is 0 Å². The molecule has 0 saturated heterocycles. The van der Waals surface area contributed by atoms with Crippen LogP contribution in [0.25, 0.3) is 129 Å². The molecule has 0 saturated carbocycles. The van der Waals surface area contributed by atoms with Gasteiger partial charge in [0.05, 0.1) is 0 Å². The fourth-order valence-corrected chi connectivity index (χ4v) is 10.9. The highest BCUT2D eigenvalue weighted by Gasteiger charge is 2.19. The van der Waals surface area contributed by atoms with Crippen LogP contribution in [0, 0.1) is 0 Å².